The zero-order valence-electron chi connectivity index (χ0n) is 10.6. The van der Waals surface area contributed by atoms with Crippen LogP contribution in [0.3, 0.4) is 0 Å². The van der Waals surface area contributed by atoms with E-state index in [0.29, 0.717) is 0 Å². The summed E-state index contributed by atoms with van der Waals surface area (Å²) in [6, 6.07) is 3.89. The number of hydrogen-bond acceptors (Lipinski definition) is 2. The summed E-state index contributed by atoms with van der Waals surface area (Å²) < 4.78 is 26.2. The lowest BCUT2D eigenvalue weighted by molar-refractivity contribution is -0.120. The van der Waals surface area contributed by atoms with Crippen molar-refractivity contribution in [2.75, 3.05) is 11.9 Å². The monoisotopic (exact) mass is 256 g/mol. The highest BCUT2D eigenvalue weighted by molar-refractivity contribution is 5.80. The second-order valence-electron chi connectivity index (χ2n) is 4.21. The molecular weight excluding hydrogens is 238 g/mol. The summed E-state index contributed by atoms with van der Waals surface area (Å²) in [6.45, 7) is 3.86. The molecule has 1 rings (SSSR count). The fourth-order valence-electron chi connectivity index (χ4n) is 1.65. The maximum Gasteiger partial charge on any atom is 0.239 e. The largest absolute Gasteiger partial charge is 0.374 e. The lowest BCUT2D eigenvalue weighted by Crippen LogP contribution is -2.36. The van der Waals surface area contributed by atoms with Crippen LogP contribution in [0.5, 0.6) is 0 Å². The van der Waals surface area contributed by atoms with E-state index in [0.717, 1.165) is 18.9 Å². The molecule has 5 heteroatoms. The molecule has 1 aromatic rings. The molecule has 1 unspecified atom stereocenters. The minimum atomic E-state index is -0.966. The predicted octanol–water partition coefficient (Wildman–Crippen LogP) is 2.68. The summed E-state index contributed by atoms with van der Waals surface area (Å²) in [5, 5.41) is 5.34. The van der Waals surface area contributed by atoms with Gasteiger partial charge in [-0.2, -0.15) is 0 Å². The van der Waals surface area contributed by atoms with Crippen molar-refractivity contribution in [2.45, 2.75) is 32.7 Å². The average molecular weight is 256 g/mol. The Morgan fingerprint density at radius 2 is 2.11 bits per heavy atom. The van der Waals surface area contributed by atoms with Gasteiger partial charge in [0.05, 0.1) is 12.2 Å². The Bertz CT molecular complexity index is 410. The molecule has 0 heterocycles. The van der Waals surface area contributed by atoms with Crippen LogP contribution in [-0.2, 0) is 4.79 Å². The highest BCUT2D eigenvalue weighted by Gasteiger charge is 2.10. The highest BCUT2D eigenvalue weighted by Crippen LogP contribution is 2.15. The van der Waals surface area contributed by atoms with Gasteiger partial charge in [0.2, 0.25) is 5.91 Å². The molecule has 1 amide bonds. The standard InChI is InChI=1S/C13H18F2N2O/c1-3-5-9(2)17-12(18)8-16-11-7-4-6-10(14)13(11)15/h4,6-7,9,16H,3,5,8H2,1-2H3,(H,17,18). The fourth-order valence-corrected chi connectivity index (χ4v) is 1.65. The first-order valence-electron chi connectivity index (χ1n) is 6.01. The van der Waals surface area contributed by atoms with E-state index in [4.69, 9.17) is 0 Å². The Morgan fingerprint density at radius 3 is 2.78 bits per heavy atom. The summed E-state index contributed by atoms with van der Waals surface area (Å²) >= 11 is 0. The third-order valence-corrected chi connectivity index (χ3v) is 2.52. The van der Waals surface area contributed by atoms with Crippen LogP contribution >= 0.6 is 0 Å². The molecule has 0 saturated carbocycles. The van der Waals surface area contributed by atoms with E-state index in [1.165, 1.54) is 12.1 Å². The van der Waals surface area contributed by atoms with Crippen LogP contribution in [0.25, 0.3) is 0 Å². The van der Waals surface area contributed by atoms with E-state index in [-0.39, 0.29) is 24.2 Å². The van der Waals surface area contributed by atoms with E-state index >= 15 is 0 Å². The number of amides is 1. The number of halogens is 2. The Kier molecular flexibility index (Phi) is 5.55. The lowest BCUT2D eigenvalue weighted by atomic mass is 10.2. The van der Waals surface area contributed by atoms with Gasteiger partial charge in [-0.05, 0) is 25.5 Å². The van der Waals surface area contributed by atoms with Gasteiger partial charge in [0, 0.05) is 6.04 Å². The Balaban J connectivity index is 2.45. The van der Waals surface area contributed by atoms with Crippen LogP contribution in [0.4, 0.5) is 14.5 Å². The van der Waals surface area contributed by atoms with E-state index in [2.05, 4.69) is 10.6 Å². The number of anilines is 1. The van der Waals surface area contributed by atoms with E-state index in [9.17, 15) is 13.6 Å². The maximum absolute atomic E-state index is 13.3. The molecule has 18 heavy (non-hydrogen) atoms. The van der Waals surface area contributed by atoms with Gasteiger partial charge in [-0.1, -0.05) is 19.4 Å². The second-order valence-corrected chi connectivity index (χ2v) is 4.21. The normalized spacial score (nSPS) is 12.0. The number of hydrogen-bond donors (Lipinski definition) is 2. The molecular formula is C13H18F2N2O. The lowest BCUT2D eigenvalue weighted by Gasteiger charge is -2.13. The van der Waals surface area contributed by atoms with Crippen molar-refractivity contribution in [3.63, 3.8) is 0 Å². The third kappa shape index (κ3) is 4.31. The number of benzene rings is 1. The quantitative estimate of drug-likeness (QED) is 0.821. The zero-order valence-corrected chi connectivity index (χ0v) is 10.6. The van der Waals surface area contributed by atoms with Crippen LogP contribution < -0.4 is 10.6 Å². The predicted molar refractivity (Wildman–Crippen MR) is 67.4 cm³/mol. The first kappa shape index (κ1) is 14.4. The van der Waals surface area contributed by atoms with E-state index in [1.54, 1.807) is 0 Å². The number of carbonyl (C=O) groups is 1. The van der Waals surface area contributed by atoms with E-state index < -0.39 is 11.6 Å². The van der Waals surface area contributed by atoms with Gasteiger partial charge in [-0.3, -0.25) is 4.79 Å². The number of nitrogens with one attached hydrogen (secondary N) is 2. The molecule has 0 saturated heterocycles. The van der Waals surface area contributed by atoms with Crippen molar-refractivity contribution in [1.29, 1.82) is 0 Å². The molecule has 0 radical (unpaired) electrons. The van der Waals surface area contributed by atoms with Gasteiger partial charge in [0.25, 0.3) is 0 Å². The molecule has 1 atom stereocenters. The van der Waals surface area contributed by atoms with Gasteiger partial charge >= 0.3 is 0 Å². The van der Waals surface area contributed by atoms with Crippen LogP contribution in [0, 0.1) is 11.6 Å². The van der Waals surface area contributed by atoms with E-state index in [1.807, 2.05) is 13.8 Å². The Labute approximate surface area is 106 Å². The average Bonchev–Trinajstić information content (AvgIpc) is 2.31. The molecule has 0 fully saturated rings. The van der Waals surface area contributed by atoms with Crippen molar-refractivity contribution in [1.82, 2.24) is 5.32 Å². The molecule has 0 spiro atoms. The fraction of sp³-hybridized carbons (Fsp3) is 0.462. The highest BCUT2D eigenvalue weighted by atomic mass is 19.2. The zero-order chi connectivity index (χ0) is 13.5. The topological polar surface area (TPSA) is 41.1 Å². The first-order chi connectivity index (χ1) is 8.54. The molecule has 2 N–H and O–H groups in total. The summed E-state index contributed by atoms with van der Waals surface area (Å²) in [7, 11) is 0. The summed E-state index contributed by atoms with van der Waals surface area (Å²) in [5.41, 5.74) is -0.00621. The van der Waals surface area contributed by atoms with Crippen LogP contribution in [-0.4, -0.2) is 18.5 Å². The Hall–Kier alpha value is -1.65. The van der Waals surface area contributed by atoms with Crippen LogP contribution in [0.1, 0.15) is 26.7 Å². The number of rotatable bonds is 6. The van der Waals surface area contributed by atoms with Crippen molar-refractivity contribution < 1.29 is 13.6 Å². The van der Waals surface area contributed by atoms with Crippen LogP contribution in [0.2, 0.25) is 0 Å². The van der Waals surface area contributed by atoms with Gasteiger partial charge in [0.1, 0.15) is 0 Å². The summed E-state index contributed by atoms with van der Waals surface area (Å²) in [4.78, 5) is 11.5. The van der Waals surface area contributed by atoms with Crippen LogP contribution in [0.15, 0.2) is 18.2 Å². The molecule has 0 bridgehead atoms. The second kappa shape index (κ2) is 6.93. The van der Waals surface area contributed by atoms with Crippen molar-refractivity contribution in [3.05, 3.63) is 29.8 Å². The Morgan fingerprint density at radius 1 is 1.39 bits per heavy atom. The van der Waals surface area contributed by atoms with Crippen molar-refractivity contribution >= 4 is 11.6 Å². The molecule has 0 aliphatic rings. The van der Waals surface area contributed by atoms with Gasteiger partial charge in [0.15, 0.2) is 11.6 Å². The first-order valence-corrected chi connectivity index (χ1v) is 6.01. The van der Waals surface area contributed by atoms with Gasteiger partial charge in [-0.15, -0.1) is 0 Å². The molecule has 0 aliphatic carbocycles. The number of carbonyl (C=O) groups excluding carboxylic acids is 1. The van der Waals surface area contributed by atoms with Gasteiger partial charge in [-0.25, -0.2) is 8.78 Å². The maximum atomic E-state index is 13.3. The van der Waals surface area contributed by atoms with Crippen molar-refractivity contribution in [2.24, 2.45) is 0 Å². The smallest absolute Gasteiger partial charge is 0.239 e. The SMILES string of the molecule is CCCC(C)NC(=O)CNc1cccc(F)c1F. The molecule has 0 aromatic heterocycles. The molecule has 3 nitrogen and oxygen atoms in total. The molecule has 1 aromatic carbocycles. The summed E-state index contributed by atoms with van der Waals surface area (Å²) in [5.74, 6) is -2.13. The minimum absolute atomic E-state index is 0.00621. The third-order valence-electron chi connectivity index (χ3n) is 2.52. The molecule has 100 valence electrons. The minimum Gasteiger partial charge on any atom is -0.374 e. The summed E-state index contributed by atoms with van der Waals surface area (Å²) in [6.07, 6.45) is 1.87. The van der Waals surface area contributed by atoms with Gasteiger partial charge < -0.3 is 10.6 Å². The molecule has 0 aliphatic heterocycles. The van der Waals surface area contributed by atoms with Crippen molar-refractivity contribution in [3.8, 4) is 0 Å².